The van der Waals surface area contributed by atoms with Gasteiger partial charge in [-0.3, -0.25) is 14.9 Å². The van der Waals surface area contributed by atoms with E-state index in [1.165, 1.54) is 12.1 Å². The second kappa shape index (κ2) is 6.17. The lowest BCUT2D eigenvalue weighted by molar-refractivity contribution is -0.384. The third-order valence-electron chi connectivity index (χ3n) is 3.49. The maximum atomic E-state index is 12.4. The summed E-state index contributed by atoms with van der Waals surface area (Å²) in [5.74, 6) is -0.116. The van der Waals surface area contributed by atoms with Crippen molar-refractivity contribution in [2.75, 3.05) is 7.05 Å². The molecule has 0 aliphatic rings. The van der Waals surface area contributed by atoms with E-state index in [-0.39, 0.29) is 17.6 Å². The van der Waals surface area contributed by atoms with Crippen LogP contribution in [0.4, 0.5) is 5.69 Å². The Bertz CT molecular complexity index is 656. The monoisotopic (exact) mass is 284 g/mol. The molecule has 0 saturated heterocycles. The maximum Gasteiger partial charge on any atom is 0.269 e. The van der Waals surface area contributed by atoms with Gasteiger partial charge in [-0.05, 0) is 24.6 Å². The minimum atomic E-state index is -0.435. The number of carbonyl (C=O) groups excluding carboxylic acids is 1. The van der Waals surface area contributed by atoms with E-state index in [1.54, 1.807) is 48.3 Å². The van der Waals surface area contributed by atoms with E-state index in [1.807, 2.05) is 13.0 Å². The first kappa shape index (κ1) is 14.7. The van der Waals surface area contributed by atoms with Gasteiger partial charge in [-0.15, -0.1) is 0 Å². The number of hydrogen-bond acceptors (Lipinski definition) is 3. The summed E-state index contributed by atoms with van der Waals surface area (Å²) in [6.45, 7) is 1.85. The summed E-state index contributed by atoms with van der Waals surface area (Å²) in [5, 5.41) is 10.8. The number of nitro benzene ring substituents is 1. The highest BCUT2D eigenvalue weighted by atomic mass is 16.6. The van der Waals surface area contributed by atoms with Crippen LogP contribution < -0.4 is 0 Å². The maximum absolute atomic E-state index is 12.4. The summed E-state index contributed by atoms with van der Waals surface area (Å²) in [5.41, 5.74) is 1.35. The van der Waals surface area contributed by atoms with E-state index in [2.05, 4.69) is 0 Å². The standard InChI is InChI=1S/C16H16N2O3/c1-12(14-9-6-10-15(11-14)18(20)21)17(2)16(19)13-7-4-3-5-8-13/h3-12H,1-2H3/t12-/m0/s1. The highest BCUT2D eigenvalue weighted by molar-refractivity contribution is 5.94. The van der Waals surface area contributed by atoms with Gasteiger partial charge in [-0.2, -0.15) is 0 Å². The molecule has 1 atom stereocenters. The van der Waals surface area contributed by atoms with Gasteiger partial charge in [-0.1, -0.05) is 30.3 Å². The molecule has 5 nitrogen and oxygen atoms in total. The van der Waals surface area contributed by atoms with Crippen molar-refractivity contribution in [3.8, 4) is 0 Å². The first-order chi connectivity index (χ1) is 10.0. The molecule has 0 aromatic heterocycles. The highest BCUT2D eigenvalue weighted by Crippen LogP contribution is 2.24. The van der Waals surface area contributed by atoms with Crippen LogP contribution in [0.3, 0.4) is 0 Å². The number of rotatable bonds is 4. The fraction of sp³-hybridized carbons (Fsp3) is 0.188. The van der Waals surface area contributed by atoms with Crippen LogP contribution in [0.5, 0.6) is 0 Å². The van der Waals surface area contributed by atoms with Crippen molar-refractivity contribution in [2.45, 2.75) is 13.0 Å². The molecular formula is C16H16N2O3. The zero-order valence-electron chi connectivity index (χ0n) is 11.9. The Morgan fingerprint density at radius 2 is 1.81 bits per heavy atom. The molecule has 2 aromatic carbocycles. The normalized spacial score (nSPS) is 11.7. The van der Waals surface area contributed by atoms with Crippen LogP contribution in [-0.4, -0.2) is 22.8 Å². The minimum absolute atomic E-state index is 0.0277. The molecule has 0 radical (unpaired) electrons. The number of amides is 1. The number of carbonyl (C=O) groups is 1. The molecule has 0 bridgehead atoms. The van der Waals surface area contributed by atoms with E-state index in [9.17, 15) is 14.9 Å². The Morgan fingerprint density at radius 1 is 1.14 bits per heavy atom. The molecule has 2 aromatic rings. The molecular weight excluding hydrogens is 268 g/mol. The van der Waals surface area contributed by atoms with Crippen molar-refractivity contribution in [3.05, 3.63) is 75.8 Å². The Balaban J connectivity index is 2.23. The first-order valence-electron chi connectivity index (χ1n) is 6.57. The molecule has 0 spiro atoms. The van der Waals surface area contributed by atoms with Crippen molar-refractivity contribution in [1.82, 2.24) is 4.90 Å². The Labute approximate surface area is 123 Å². The van der Waals surface area contributed by atoms with Crippen LogP contribution in [0.15, 0.2) is 54.6 Å². The third-order valence-corrected chi connectivity index (χ3v) is 3.49. The first-order valence-corrected chi connectivity index (χ1v) is 6.57. The SMILES string of the molecule is C[C@@H](c1cccc([N+](=O)[O-])c1)N(C)C(=O)c1ccccc1. The summed E-state index contributed by atoms with van der Waals surface area (Å²) < 4.78 is 0. The molecule has 0 aliphatic heterocycles. The largest absolute Gasteiger partial charge is 0.335 e. The predicted octanol–water partition coefficient (Wildman–Crippen LogP) is 3.43. The Hall–Kier alpha value is -2.69. The lowest BCUT2D eigenvalue weighted by Crippen LogP contribution is -2.29. The summed E-state index contributed by atoms with van der Waals surface area (Å²) in [4.78, 5) is 24.3. The van der Waals surface area contributed by atoms with Gasteiger partial charge in [0.1, 0.15) is 0 Å². The number of nitro groups is 1. The molecule has 0 saturated carbocycles. The smallest absolute Gasteiger partial charge is 0.269 e. The van der Waals surface area contributed by atoms with Gasteiger partial charge in [0, 0.05) is 24.7 Å². The van der Waals surface area contributed by atoms with Gasteiger partial charge >= 0.3 is 0 Å². The number of hydrogen-bond donors (Lipinski definition) is 0. The second-order valence-electron chi connectivity index (χ2n) is 4.81. The molecule has 0 fully saturated rings. The van der Waals surface area contributed by atoms with Crippen molar-refractivity contribution in [1.29, 1.82) is 0 Å². The zero-order chi connectivity index (χ0) is 15.4. The number of nitrogens with zero attached hydrogens (tertiary/aromatic N) is 2. The lowest BCUT2D eigenvalue weighted by Gasteiger charge is -2.25. The molecule has 0 N–H and O–H groups in total. The van der Waals surface area contributed by atoms with Crippen molar-refractivity contribution in [2.24, 2.45) is 0 Å². The summed E-state index contributed by atoms with van der Waals surface area (Å²) in [7, 11) is 1.69. The van der Waals surface area contributed by atoms with Gasteiger partial charge in [0.2, 0.25) is 0 Å². The highest BCUT2D eigenvalue weighted by Gasteiger charge is 2.20. The summed E-state index contributed by atoms with van der Waals surface area (Å²) in [6, 6.07) is 15.1. The van der Waals surface area contributed by atoms with Crippen LogP contribution in [0.2, 0.25) is 0 Å². The van der Waals surface area contributed by atoms with Gasteiger partial charge in [-0.25, -0.2) is 0 Å². The lowest BCUT2D eigenvalue weighted by atomic mass is 10.1. The van der Waals surface area contributed by atoms with Crippen molar-refractivity contribution in [3.63, 3.8) is 0 Å². The van der Waals surface area contributed by atoms with Crippen LogP contribution in [0.1, 0.15) is 28.9 Å². The Morgan fingerprint density at radius 3 is 2.43 bits per heavy atom. The molecule has 0 unspecified atom stereocenters. The van der Waals surface area contributed by atoms with E-state index < -0.39 is 4.92 Å². The summed E-state index contributed by atoms with van der Waals surface area (Å²) in [6.07, 6.45) is 0. The topological polar surface area (TPSA) is 63.5 Å². The second-order valence-corrected chi connectivity index (χ2v) is 4.81. The molecule has 5 heteroatoms. The third kappa shape index (κ3) is 3.25. The van der Waals surface area contributed by atoms with Gasteiger partial charge < -0.3 is 4.90 Å². The van der Waals surface area contributed by atoms with Gasteiger partial charge in [0.15, 0.2) is 0 Å². The van der Waals surface area contributed by atoms with Gasteiger partial charge in [0.25, 0.3) is 11.6 Å². The predicted molar refractivity (Wildman–Crippen MR) is 80.0 cm³/mol. The molecule has 108 valence electrons. The van der Waals surface area contributed by atoms with Crippen LogP contribution >= 0.6 is 0 Å². The minimum Gasteiger partial charge on any atom is -0.335 e. The number of benzene rings is 2. The van der Waals surface area contributed by atoms with Crippen LogP contribution in [0, 0.1) is 10.1 Å². The van der Waals surface area contributed by atoms with Crippen LogP contribution in [0.25, 0.3) is 0 Å². The van der Waals surface area contributed by atoms with Crippen molar-refractivity contribution >= 4 is 11.6 Å². The molecule has 21 heavy (non-hydrogen) atoms. The summed E-state index contributed by atoms with van der Waals surface area (Å²) >= 11 is 0. The average molecular weight is 284 g/mol. The van der Waals surface area contributed by atoms with E-state index in [4.69, 9.17) is 0 Å². The molecule has 0 aliphatic carbocycles. The van der Waals surface area contributed by atoms with E-state index in [0.717, 1.165) is 5.56 Å². The molecule has 2 rings (SSSR count). The number of non-ortho nitro benzene ring substituents is 1. The van der Waals surface area contributed by atoms with Crippen LogP contribution in [-0.2, 0) is 0 Å². The van der Waals surface area contributed by atoms with E-state index >= 15 is 0 Å². The average Bonchev–Trinajstić information content (AvgIpc) is 2.53. The molecule has 1 amide bonds. The zero-order valence-corrected chi connectivity index (χ0v) is 11.9. The Kier molecular flexibility index (Phi) is 4.33. The quantitative estimate of drug-likeness (QED) is 0.638. The van der Waals surface area contributed by atoms with Crippen molar-refractivity contribution < 1.29 is 9.72 Å². The fourth-order valence-corrected chi connectivity index (χ4v) is 2.08. The van der Waals surface area contributed by atoms with E-state index in [0.29, 0.717) is 5.56 Å². The van der Waals surface area contributed by atoms with Gasteiger partial charge in [0.05, 0.1) is 11.0 Å². The fourth-order valence-electron chi connectivity index (χ4n) is 2.08. The molecule has 0 heterocycles.